The Morgan fingerprint density at radius 2 is 2.23 bits per heavy atom. The molecule has 8 heteroatoms. The van der Waals surface area contributed by atoms with Gasteiger partial charge in [-0.1, -0.05) is 11.8 Å². The number of halogens is 1. The highest BCUT2D eigenvalue weighted by Gasteiger charge is 2.21. The average molecular weight is 419 g/mol. The Balaban J connectivity index is 1.57. The Morgan fingerprint density at radius 3 is 3.03 bits per heavy atom. The third-order valence-electron chi connectivity index (χ3n) is 5.06. The van der Waals surface area contributed by atoms with Gasteiger partial charge in [-0.25, -0.2) is 9.37 Å². The van der Waals surface area contributed by atoms with Gasteiger partial charge in [0.05, 0.1) is 30.3 Å². The van der Waals surface area contributed by atoms with Crippen LogP contribution in [0.1, 0.15) is 30.0 Å². The molecule has 2 aromatic heterocycles. The van der Waals surface area contributed by atoms with Crippen LogP contribution in [0, 0.1) is 29.6 Å². The number of H-pyrrole nitrogens is 1. The largest absolute Gasteiger partial charge is 0.502 e. The van der Waals surface area contributed by atoms with Gasteiger partial charge in [-0.3, -0.25) is 9.48 Å². The van der Waals surface area contributed by atoms with E-state index < -0.39 is 18.0 Å². The molecule has 0 radical (unpaired) electrons. The van der Waals surface area contributed by atoms with E-state index in [2.05, 4.69) is 44.1 Å². The maximum Gasteiger partial charge on any atom is 0.293 e. The maximum atomic E-state index is 12.5. The van der Waals surface area contributed by atoms with Crippen molar-refractivity contribution in [3.05, 3.63) is 52.3 Å². The maximum absolute atomic E-state index is 12.5. The molecule has 7 nitrogen and oxygen atoms in total. The predicted molar refractivity (Wildman–Crippen MR) is 115 cm³/mol. The van der Waals surface area contributed by atoms with E-state index in [1.807, 2.05) is 18.2 Å². The van der Waals surface area contributed by atoms with E-state index in [0.29, 0.717) is 19.0 Å². The average Bonchev–Trinajstić information content (AvgIpc) is 3.52. The molecule has 0 spiro atoms. The van der Waals surface area contributed by atoms with Gasteiger partial charge in [0, 0.05) is 35.9 Å². The summed E-state index contributed by atoms with van der Waals surface area (Å²) in [6.07, 6.45) is 5.34. The summed E-state index contributed by atoms with van der Waals surface area (Å²) in [6.45, 7) is 0.343. The molecule has 2 heterocycles. The highest BCUT2D eigenvalue weighted by Crippen LogP contribution is 2.27. The van der Waals surface area contributed by atoms with Gasteiger partial charge in [0.25, 0.3) is 5.56 Å². The van der Waals surface area contributed by atoms with Crippen LogP contribution in [-0.4, -0.2) is 44.6 Å². The third kappa shape index (κ3) is 5.11. The van der Waals surface area contributed by atoms with Crippen molar-refractivity contribution in [2.24, 2.45) is 5.92 Å². The SMILES string of the molecule is O=c1[nH]cnc(C(CNCCF)Cn2ncc3cc(C#CC#CC4CC4)ccc32)c1O. The lowest BCUT2D eigenvalue weighted by atomic mass is 10.0. The molecule has 1 unspecified atom stereocenters. The quantitative estimate of drug-likeness (QED) is 0.402. The standard InChI is InChI=1S/C23H22FN5O2/c24-9-10-25-12-19(21-22(30)23(31)27-15-26-21)14-29-20-8-7-17(11-18(20)13-28-29)4-2-1-3-16-5-6-16/h7-8,11,13,15-16,19,25,30H,5-6,9-10,12,14H2,(H,26,27,31). The van der Waals surface area contributed by atoms with Crippen molar-refractivity contribution in [1.29, 1.82) is 0 Å². The molecule has 0 saturated heterocycles. The van der Waals surface area contributed by atoms with Gasteiger partial charge in [0.15, 0.2) is 0 Å². The predicted octanol–water partition coefficient (Wildman–Crippen LogP) is 1.93. The van der Waals surface area contributed by atoms with Crippen LogP contribution in [0.2, 0.25) is 0 Å². The van der Waals surface area contributed by atoms with Gasteiger partial charge in [-0.15, -0.1) is 0 Å². The lowest BCUT2D eigenvalue weighted by molar-refractivity contribution is 0.410. The van der Waals surface area contributed by atoms with Crippen LogP contribution in [0.3, 0.4) is 0 Å². The second-order valence-corrected chi connectivity index (χ2v) is 7.45. The first-order valence-corrected chi connectivity index (χ1v) is 10.2. The number of benzene rings is 1. The molecular weight excluding hydrogens is 397 g/mol. The van der Waals surface area contributed by atoms with Crippen LogP contribution in [0.15, 0.2) is 35.5 Å². The Kier molecular flexibility index (Phi) is 6.30. The van der Waals surface area contributed by atoms with E-state index in [9.17, 15) is 14.3 Å². The number of rotatable bonds is 7. The molecule has 1 aromatic carbocycles. The smallest absolute Gasteiger partial charge is 0.293 e. The molecule has 1 saturated carbocycles. The van der Waals surface area contributed by atoms with Crippen LogP contribution in [0.5, 0.6) is 5.75 Å². The van der Waals surface area contributed by atoms with E-state index in [-0.39, 0.29) is 18.2 Å². The monoisotopic (exact) mass is 419 g/mol. The zero-order valence-electron chi connectivity index (χ0n) is 16.9. The molecular formula is C23H22FN5O2. The van der Waals surface area contributed by atoms with Crippen LogP contribution < -0.4 is 10.9 Å². The molecule has 1 fully saturated rings. The summed E-state index contributed by atoms with van der Waals surface area (Å²) in [5.74, 6) is 11.7. The zero-order chi connectivity index (χ0) is 21.6. The molecule has 1 aliphatic rings. The van der Waals surface area contributed by atoms with Crippen LogP contribution >= 0.6 is 0 Å². The fourth-order valence-electron chi connectivity index (χ4n) is 3.28. The van der Waals surface area contributed by atoms with Gasteiger partial charge in [0.1, 0.15) is 6.67 Å². The van der Waals surface area contributed by atoms with Crippen molar-refractivity contribution < 1.29 is 9.50 Å². The number of fused-ring (bicyclic) bond motifs is 1. The number of nitrogens with one attached hydrogen (secondary N) is 2. The molecule has 158 valence electrons. The summed E-state index contributed by atoms with van der Waals surface area (Å²) < 4.78 is 14.3. The van der Waals surface area contributed by atoms with E-state index in [0.717, 1.165) is 16.5 Å². The summed E-state index contributed by atoms with van der Waals surface area (Å²) in [4.78, 5) is 18.3. The molecule has 4 rings (SSSR count). The number of nitrogens with zero attached hydrogens (tertiary/aromatic N) is 3. The van der Waals surface area contributed by atoms with Gasteiger partial charge >= 0.3 is 0 Å². The molecule has 1 atom stereocenters. The highest BCUT2D eigenvalue weighted by molar-refractivity contribution is 5.80. The van der Waals surface area contributed by atoms with Crippen LogP contribution in [0.4, 0.5) is 4.39 Å². The number of aromatic nitrogens is 4. The number of hydrogen-bond donors (Lipinski definition) is 3. The molecule has 3 aromatic rings. The molecule has 0 amide bonds. The minimum Gasteiger partial charge on any atom is -0.502 e. The first-order chi connectivity index (χ1) is 15.2. The minimum atomic E-state index is -0.612. The highest BCUT2D eigenvalue weighted by atomic mass is 19.1. The summed E-state index contributed by atoms with van der Waals surface area (Å²) >= 11 is 0. The lowest BCUT2D eigenvalue weighted by Crippen LogP contribution is -2.28. The third-order valence-corrected chi connectivity index (χ3v) is 5.06. The van der Waals surface area contributed by atoms with Crippen molar-refractivity contribution in [2.45, 2.75) is 25.3 Å². The second-order valence-electron chi connectivity index (χ2n) is 7.45. The van der Waals surface area contributed by atoms with E-state index in [4.69, 9.17) is 0 Å². The molecule has 31 heavy (non-hydrogen) atoms. The molecule has 0 bridgehead atoms. The fourth-order valence-corrected chi connectivity index (χ4v) is 3.28. The first-order valence-electron chi connectivity index (χ1n) is 10.2. The zero-order valence-corrected chi connectivity index (χ0v) is 16.9. The normalized spacial score (nSPS) is 13.8. The number of hydrogen-bond acceptors (Lipinski definition) is 5. The van der Waals surface area contributed by atoms with Gasteiger partial charge in [0.2, 0.25) is 5.75 Å². The van der Waals surface area contributed by atoms with E-state index in [1.54, 1.807) is 10.9 Å². The molecule has 1 aliphatic carbocycles. The number of alkyl halides is 1. The lowest BCUT2D eigenvalue weighted by Gasteiger charge is -2.18. The van der Waals surface area contributed by atoms with E-state index >= 15 is 0 Å². The number of aromatic amines is 1. The Labute approximate surface area is 178 Å². The fraction of sp³-hybridized carbons (Fsp3) is 0.348. The van der Waals surface area contributed by atoms with Crippen molar-refractivity contribution in [3.63, 3.8) is 0 Å². The van der Waals surface area contributed by atoms with E-state index in [1.165, 1.54) is 19.2 Å². The van der Waals surface area contributed by atoms with Crippen molar-refractivity contribution >= 4 is 10.9 Å². The Hall–Kier alpha value is -3.62. The first kappa shape index (κ1) is 20.6. The van der Waals surface area contributed by atoms with Crippen molar-refractivity contribution in [2.75, 3.05) is 19.8 Å². The molecule has 3 N–H and O–H groups in total. The number of aromatic hydroxyl groups is 1. The minimum absolute atomic E-state index is 0.173. The van der Waals surface area contributed by atoms with Crippen molar-refractivity contribution in [1.82, 2.24) is 25.1 Å². The van der Waals surface area contributed by atoms with Gasteiger partial charge < -0.3 is 15.4 Å². The summed E-state index contributed by atoms with van der Waals surface area (Å²) in [7, 11) is 0. The Bertz CT molecular complexity index is 1250. The molecule has 0 aliphatic heterocycles. The topological polar surface area (TPSA) is 95.8 Å². The Morgan fingerprint density at radius 1 is 1.35 bits per heavy atom. The van der Waals surface area contributed by atoms with Crippen molar-refractivity contribution in [3.8, 4) is 29.4 Å². The second kappa shape index (κ2) is 9.46. The van der Waals surface area contributed by atoms with Gasteiger partial charge in [-0.05, 0) is 42.9 Å². The summed E-state index contributed by atoms with van der Waals surface area (Å²) in [5.41, 5.74) is 1.37. The van der Waals surface area contributed by atoms with Crippen LogP contribution in [0.25, 0.3) is 10.9 Å². The summed E-state index contributed by atoms with van der Waals surface area (Å²) in [5, 5.41) is 18.5. The van der Waals surface area contributed by atoms with Crippen LogP contribution in [-0.2, 0) is 6.54 Å². The summed E-state index contributed by atoms with van der Waals surface area (Å²) in [6, 6.07) is 5.79. The van der Waals surface area contributed by atoms with Gasteiger partial charge in [-0.2, -0.15) is 5.10 Å².